The van der Waals surface area contributed by atoms with E-state index in [0.29, 0.717) is 28.6 Å². The zero-order valence-corrected chi connectivity index (χ0v) is 10.2. The Balaban J connectivity index is 3.16. The first kappa shape index (κ1) is 12.6. The predicted molar refractivity (Wildman–Crippen MR) is 63.5 cm³/mol. The topological polar surface area (TPSA) is 47.6 Å². The highest BCUT2D eigenvalue weighted by Crippen LogP contribution is 2.33. The van der Waals surface area contributed by atoms with Crippen molar-refractivity contribution in [3.63, 3.8) is 0 Å². The zero-order valence-electron chi connectivity index (χ0n) is 9.46. The van der Waals surface area contributed by atoms with Gasteiger partial charge >= 0.3 is 5.97 Å². The highest BCUT2D eigenvalue weighted by Gasteiger charge is 2.14. The van der Waals surface area contributed by atoms with Gasteiger partial charge in [-0.1, -0.05) is 11.6 Å². The van der Waals surface area contributed by atoms with Gasteiger partial charge in [0.25, 0.3) is 0 Å². The molecule has 0 bridgehead atoms. The normalized spacial score (nSPS) is 9.75. The van der Waals surface area contributed by atoms with Crippen LogP contribution >= 0.6 is 11.6 Å². The molecule has 0 amide bonds. The summed E-state index contributed by atoms with van der Waals surface area (Å²) in [5.41, 5.74) is 1.04. The fourth-order valence-electron chi connectivity index (χ4n) is 1.26. The Morgan fingerprint density at radius 1 is 1.50 bits per heavy atom. The molecule has 4 nitrogen and oxygen atoms in total. The third-order valence-corrected chi connectivity index (χ3v) is 2.43. The molecule has 1 N–H and O–H groups in total. The average Bonchev–Trinajstić information content (AvgIpc) is 2.29. The van der Waals surface area contributed by atoms with Gasteiger partial charge in [0.15, 0.2) is 0 Å². The van der Waals surface area contributed by atoms with Crippen LogP contribution in [0.25, 0.3) is 0 Å². The maximum atomic E-state index is 11.5. The summed E-state index contributed by atoms with van der Waals surface area (Å²) in [6, 6.07) is 3.18. The highest BCUT2D eigenvalue weighted by atomic mass is 35.5. The number of halogens is 1. The van der Waals surface area contributed by atoms with Gasteiger partial charge in [-0.3, -0.25) is 0 Å². The Hall–Kier alpha value is -1.42. The lowest BCUT2D eigenvalue weighted by Crippen LogP contribution is -2.06. The van der Waals surface area contributed by atoms with Crippen molar-refractivity contribution in [3.05, 3.63) is 22.7 Å². The van der Waals surface area contributed by atoms with Crippen LogP contribution in [0.3, 0.4) is 0 Å². The molecule has 0 atom stereocenters. The minimum atomic E-state index is -0.394. The number of rotatable bonds is 4. The van der Waals surface area contributed by atoms with Crippen LogP contribution in [-0.2, 0) is 4.74 Å². The minimum absolute atomic E-state index is 0.332. The van der Waals surface area contributed by atoms with Crippen molar-refractivity contribution >= 4 is 23.3 Å². The standard InChI is InChI=1S/C11H14ClNO3/c1-4-16-11(14)7-5-8(13-2)10(12)9(6-7)15-3/h5-6,13H,4H2,1-3H3. The highest BCUT2D eigenvalue weighted by molar-refractivity contribution is 6.34. The van der Waals surface area contributed by atoms with Gasteiger partial charge in [-0.15, -0.1) is 0 Å². The quantitative estimate of drug-likeness (QED) is 0.826. The predicted octanol–water partition coefficient (Wildman–Crippen LogP) is 2.57. The molecule has 1 aromatic carbocycles. The van der Waals surface area contributed by atoms with Gasteiger partial charge in [-0.2, -0.15) is 0 Å². The lowest BCUT2D eigenvalue weighted by molar-refractivity contribution is 0.0526. The number of carbonyl (C=O) groups excluding carboxylic acids is 1. The van der Waals surface area contributed by atoms with E-state index in [1.165, 1.54) is 7.11 Å². The monoisotopic (exact) mass is 243 g/mol. The molecule has 5 heteroatoms. The number of ether oxygens (including phenoxy) is 2. The van der Waals surface area contributed by atoms with E-state index in [-0.39, 0.29) is 0 Å². The van der Waals surface area contributed by atoms with Gasteiger partial charge in [0.05, 0.1) is 25.0 Å². The molecule has 0 spiro atoms. The third-order valence-electron chi connectivity index (χ3n) is 2.04. The first-order valence-electron chi connectivity index (χ1n) is 4.86. The first-order chi connectivity index (χ1) is 7.63. The molecule has 1 aromatic rings. The summed E-state index contributed by atoms with van der Waals surface area (Å²) in [6.45, 7) is 2.09. The average molecular weight is 244 g/mol. The van der Waals surface area contributed by atoms with Gasteiger partial charge in [-0.05, 0) is 19.1 Å². The van der Waals surface area contributed by atoms with Gasteiger partial charge in [0.1, 0.15) is 10.8 Å². The molecule has 0 saturated carbocycles. The number of esters is 1. The molecule has 16 heavy (non-hydrogen) atoms. The molecule has 0 fully saturated rings. The Bertz CT molecular complexity index is 368. The van der Waals surface area contributed by atoms with Gasteiger partial charge in [0, 0.05) is 7.05 Å². The van der Waals surface area contributed by atoms with Crippen LogP contribution in [0.5, 0.6) is 5.75 Å². The molecular formula is C11H14ClNO3. The number of hydrogen-bond donors (Lipinski definition) is 1. The largest absolute Gasteiger partial charge is 0.495 e. The van der Waals surface area contributed by atoms with E-state index in [9.17, 15) is 4.79 Å². The summed E-state index contributed by atoms with van der Waals surface area (Å²) in [6.07, 6.45) is 0. The van der Waals surface area contributed by atoms with Gasteiger partial charge in [0.2, 0.25) is 0 Å². The van der Waals surface area contributed by atoms with Crippen LogP contribution in [0.15, 0.2) is 12.1 Å². The zero-order chi connectivity index (χ0) is 12.1. The second-order valence-electron chi connectivity index (χ2n) is 3.01. The molecule has 0 saturated heterocycles. The van der Waals surface area contributed by atoms with Crippen LogP contribution in [0.4, 0.5) is 5.69 Å². The molecule has 0 aliphatic rings. The molecule has 0 heterocycles. The summed E-state index contributed by atoms with van der Waals surface area (Å²) in [5, 5.41) is 3.33. The number of hydrogen-bond acceptors (Lipinski definition) is 4. The van der Waals surface area contributed by atoms with Crippen molar-refractivity contribution in [2.75, 3.05) is 26.1 Å². The molecule has 88 valence electrons. The molecule has 0 radical (unpaired) electrons. The molecular weight excluding hydrogens is 230 g/mol. The molecule has 0 aliphatic carbocycles. The van der Waals surface area contributed by atoms with Crippen molar-refractivity contribution in [2.45, 2.75) is 6.92 Å². The lowest BCUT2D eigenvalue weighted by atomic mass is 10.2. The van der Waals surface area contributed by atoms with Crippen LogP contribution in [0.1, 0.15) is 17.3 Å². The summed E-state index contributed by atoms with van der Waals surface area (Å²) < 4.78 is 9.98. The summed E-state index contributed by atoms with van der Waals surface area (Å²) >= 11 is 6.02. The smallest absolute Gasteiger partial charge is 0.338 e. The Morgan fingerprint density at radius 2 is 2.19 bits per heavy atom. The second-order valence-corrected chi connectivity index (χ2v) is 3.39. The van der Waals surface area contributed by atoms with Crippen molar-refractivity contribution in [1.29, 1.82) is 0 Å². The SMILES string of the molecule is CCOC(=O)c1cc(NC)c(Cl)c(OC)c1. The van der Waals surface area contributed by atoms with E-state index in [2.05, 4.69) is 5.32 Å². The Morgan fingerprint density at radius 3 is 2.69 bits per heavy atom. The minimum Gasteiger partial charge on any atom is -0.495 e. The van der Waals surface area contributed by atoms with Crippen LogP contribution < -0.4 is 10.1 Å². The summed E-state index contributed by atoms with van der Waals surface area (Å²) in [4.78, 5) is 11.5. The van der Waals surface area contributed by atoms with Crippen LogP contribution in [0.2, 0.25) is 5.02 Å². The van der Waals surface area contributed by atoms with Gasteiger partial charge in [-0.25, -0.2) is 4.79 Å². The van der Waals surface area contributed by atoms with E-state index in [1.54, 1.807) is 26.1 Å². The second kappa shape index (κ2) is 5.61. The fraction of sp³-hybridized carbons (Fsp3) is 0.364. The molecule has 0 aromatic heterocycles. The molecule has 1 rings (SSSR count). The Kier molecular flexibility index (Phi) is 4.43. The van der Waals surface area contributed by atoms with Crippen LogP contribution in [-0.4, -0.2) is 26.7 Å². The van der Waals surface area contributed by atoms with E-state index in [4.69, 9.17) is 21.1 Å². The number of anilines is 1. The van der Waals surface area contributed by atoms with E-state index >= 15 is 0 Å². The third kappa shape index (κ3) is 2.58. The van der Waals surface area contributed by atoms with E-state index in [0.717, 1.165) is 0 Å². The maximum absolute atomic E-state index is 11.5. The number of methoxy groups -OCH3 is 1. The van der Waals surface area contributed by atoms with Crippen molar-refractivity contribution in [3.8, 4) is 5.75 Å². The summed E-state index contributed by atoms with van der Waals surface area (Å²) in [5.74, 6) is 0.0468. The van der Waals surface area contributed by atoms with Crippen LogP contribution in [0, 0.1) is 0 Å². The van der Waals surface area contributed by atoms with Gasteiger partial charge < -0.3 is 14.8 Å². The fourth-order valence-corrected chi connectivity index (χ4v) is 1.54. The van der Waals surface area contributed by atoms with E-state index in [1.807, 2.05) is 0 Å². The first-order valence-corrected chi connectivity index (χ1v) is 5.24. The lowest BCUT2D eigenvalue weighted by Gasteiger charge is -2.11. The maximum Gasteiger partial charge on any atom is 0.338 e. The number of benzene rings is 1. The van der Waals surface area contributed by atoms with Crippen molar-refractivity contribution in [2.24, 2.45) is 0 Å². The van der Waals surface area contributed by atoms with E-state index < -0.39 is 5.97 Å². The van der Waals surface area contributed by atoms with Crippen molar-refractivity contribution in [1.82, 2.24) is 0 Å². The molecule has 0 aliphatic heterocycles. The number of carbonyl (C=O) groups is 1. The number of nitrogens with one attached hydrogen (secondary N) is 1. The summed E-state index contributed by atoms with van der Waals surface area (Å²) in [7, 11) is 3.21. The van der Waals surface area contributed by atoms with Crippen molar-refractivity contribution < 1.29 is 14.3 Å². The Labute approximate surface area is 99.5 Å². The molecule has 0 unspecified atom stereocenters.